The van der Waals surface area contributed by atoms with Gasteiger partial charge in [-0.1, -0.05) is 30.3 Å². The number of hydrogen-bond acceptors (Lipinski definition) is 2. The van der Waals surface area contributed by atoms with Crippen LogP contribution in [0.5, 0.6) is 0 Å². The second-order valence-corrected chi connectivity index (χ2v) is 5.39. The average Bonchev–Trinajstić information content (AvgIpc) is 3.06. The molecule has 0 bridgehead atoms. The fourth-order valence-corrected chi connectivity index (χ4v) is 3.04. The Bertz CT molecular complexity index is 499. The lowest BCUT2D eigenvalue weighted by Gasteiger charge is -2.21. The highest BCUT2D eigenvalue weighted by Gasteiger charge is 2.48. The van der Waals surface area contributed by atoms with Crippen LogP contribution in [0, 0.1) is 5.92 Å². The first-order chi connectivity index (χ1) is 9.18. The topological polar surface area (TPSA) is 57.6 Å². The van der Waals surface area contributed by atoms with Crippen molar-refractivity contribution in [3.63, 3.8) is 0 Å². The van der Waals surface area contributed by atoms with Crippen molar-refractivity contribution in [2.45, 2.75) is 31.2 Å². The molecule has 0 radical (unpaired) electrons. The monoisotopic (exact) mass is 259 g/mol. The van der Waals surface area contributed by atoms with Crippen molar-refractivity contribution in [2.75, 3.05) is 6.54 Å². The van der Waals surface area contributed by atoms with E-state index >= 15 is 0 Å². The Labute approximate surface area is 112 Å². The highest BCUT2D eigenvalue weighted by atomic mass is 16.4. The first-order valence-corrected chi connectivity index (χ1v) is 6.76. The van der Waals surface area contributed by atoms with Gasteiger partial charge in [-0.25, -0.2) is 4.79 Å². The molecule has 1 aromatic rings. The molecule has 100 valence electrons. The normalized spacial score (nSPS) is 29.3. The highest BCUT2D eigenvalue weighted by molar-refractivity contribution is 5.88. The third-order valence-corrected chi connectivity index (χ3v) is 4.16. The van der Waals surface area contributed by atoms with Crippen LogP contribution >= 0.6 is 0 Å². The van der Waals surface area contributed by atoms with Crippen LogP contribution in [0.25, 0.3) is 0 Å². The molecule has 4 heteroatoms. The Morgan fingerprint density at radius 1 is 1.21 bits per heavy atom. The second kappa shape index (κ2) is 4.68. The van der Waals surface area contributed by atoms with Crippen molar-refractivity contribution in [3.8, 4) is 0 Å². The van der Waals surface area contributed by atoms with Crippen molar-refractivity contribution in [1.29, 1.82) is 0 Å². The van der Waals surface area contributed by atoms with Gasteiger partial charge in [0.05, 0.1) is 0 Å². The zero-order chi connectivity index (χ0) is 13.4. The summed E-state index contributed by atoms with van der Waals surface area (Å²) < 4.78 is 0. The summed E-state index contributed by atoms with van der Waals surface area (Å²) in [5.41, 5.74) is 1.19. The van der Waals surface area contributed by atoms with Crippen molar-refractivity contribution in [1.82, 2.24) is 4.90 Å². The number of hydrogen-bond donors (Lipinski definition) is 1. The summed E-state index contributed by atoms with van der Waals surface area (Å²) in [6, 6.07) is 9.39. The number of carbonyl (C=O) groups excluding carboxylic acids is 1. The molecule has 1 heterocycles. The Morgan fingerprint density at radius 3 is 2.63 bits per heavy atom. The minimum Gasteiger partial charge on any atom is -0.480 e. The third-order valence-electron chi connectivity index (χ3n) is 4.16. The van der Waals surface area contributed by atoms with E-state index in [2.05, 4.69) is 0 Å². The van der Waals surface area contributed by atoms with Crippen molar-refractivity contribution in [3.05, 3.63) is 35.9 Å². The van der Waals surface area contributed by atoms with Gasteiger partial charge in [-0.05, 0) is 30.7 Å². The molecule has 3 atom stereocenters. The van der Waals surface area contributed by atoms with E-state index in [1.54, 1.807) is 4.90 Å². The number of carboxylic acids is 1. The smallest absolute Gasteiger partial charge is 0.326 e. The fourth-order valence-electron chi connectivity index (χ4n) is 3.04. The standard InChI is InChI=1S/C15H17NO3/c17-14(16-8-4-7-13(16)15(18)19)12-9-11(12)10-5-2-1-3-6-10/h1-3,5-6,11-13H,4,7-9H2,(H,18,19)/t11?,12?,13-/m1/s1. The summed E-state index contributed by atoms with van der Waals surface area (Å²) in [6.45, 7) is 0.591. The zero-order valence-electron chi connectivity index (χ0n) is 10.7. The van der Waals surface area contributed by atoms with E-state index in [9.17, 15) is 9.59 Å². The highest BCUT2D eigenvalue weighted by Crippen LogP contribution is 2.49. The molecule has 0 aromatic heterocycles. The fraction of sp³-hybridized carbons (Fsp3) is 0.467. The zero-order valence-corrected chi connectivity index (χ0v) is 10.7. The van der Waals surface area contributed by atoms with Gasteiger partial charge in [-0.15, -0.1) is 0 Å². The van der Waals surface area contributed by atoms with Gasteiger partial charge in [0.25, 0.3) is 0 Å². The molecule has 19 heavy (non-hydrogen) atoms. The number of rotatable bonds is 3. The van der Waals surface area contributed by atoms with E-state index in [0.29, 0.717) is 13.0 Å². The Morgan fingerprint density at radius 2 is 1.95 bits per heavy atom. The van der Waals surface area contributed by atoms with Crippen molar-refractivity contribution >= 4 is 11.9 Å². The Hall–Kier alpha value is -1.84. The van der Waals surface area contributed by atoms with Crippen molar-refractivity contribution in [2.24, 2.45) is 5.92 Å². The van der Waals surface area contributed by atoms with Gasteiger partial charge in [0.2, 0.25) is 5.91 Å². The van der Waals surface area contributed by atoms with E-state index in [4.69, 9.17) is 5.11 Å². The summed E-state index contributed by atoms with van der Waals surface area (Å²) in [6.07, 6.45) is 2.24. The Balaban J connectivity index is 1.68. The number of amides is 1. The lowest BCUT2D eigenvalue weighted by molar-refractivity contribution is -0.148. The lowest BCUT2D eigenvalue weighted by Crippen LogP contribution is -2.41. The number of aliphatic carboxylic acids is 1. The maximum Gasteiger partial charge on any atom is 0.326 e. The average molecular weight is 259 g/mol. The molecule has 0 spiro atoms. The first kappa shape index (κ1) is 12.2. The summed E-state index contributed by atoms with van der Waals surface area (Å²) in [7, 11) is 0. The number of benzene rings is 1. The van der Waals surface area contributed by atoms with Crippen LogP contribution in [0.2, 0.25) is 0 Å². The van der Waals surface area contributed by atoms with Gasteiger partial charge in [0.15, 0.2) is 0 Å². The molecule has 1 N–H and O–H groups in total. The number of likely N-dealkylation sites (tertiary alicyclic amines) is 1. The molecule has 1 amide bonds. The van der Waals surface area contributed by atoms with Crippen LogP contribution in [0.4, 0.5) is 0 Å². The van der Waals surface area contributed by atoms with E-state index in [1.165, 1.54) is 5.56 Å². The Kier molecular flexibility index (Phi) is 3.01. The molecule has 2 fully saturated rings. The number of carboxylic acid groups (broad SMARTS) is 1. The van der Waals surface area contributed by atoms with Crippen LogP contribution in [0.3, 0.4) is 0 Å². The molecule has 1 aliphatic heterocycles. The van der Waals surface area contributed by atoms with Gasteiger partial charge < -0.3 is 10.0 Å². The largest absolute Gasteiger partial charge is 0.480 e. The maximum absolute atomic E-state index is 12.4. The van der Waals surface area contributed by atoms with Gasteiger partial charge in [0.1, 0.15) is 6.04 Å². The number of nitrogens with zero attached hydrogens (tertiary/aromatic N) is 1. The van der Waals surface area contributed by atoms with E-state index in [-0.39, 0.29) is 17.7 Å². The lowest BCUT2D eigenvalue weighted by atomic mass is 10.1. The third kappa shape index (κ3) is 2.23. The molecule has 2 unspecified atom stereocenters. The van der Waals surface area contributed by atoms with Crippen molar-refractivity contribution < 1.29 is 14.7 Å². The van der Waals surface area contributed by atoms with Crippen LogP contribution in [-0.4, -0.2) is 34.5 Å². The molecular weight excluding hydrogens is 242 g/mol. The van der Waals surface area contributed by atoms with Crippen LogP contribution in [-0.2, 0) is 9.59 Å². The molecule has 1 aromatic carbocycles. The quantitative estimate of drug-likeness (QED) is 0.901. The molecule has 3 rings (SSSR count). The molecule has 4 nitrogen and oxygen atoms in total. The van der Waals surface area contributed by atoms with E-state index in [1.807, 2.05) is 30.3 Å². The minimum atomic E-state index is -0.872. The van der Waals surface area contributed by atoms with Gasteiger partial charge in [-0.3, -0.25) is 4.79 Å². The summed E-state index contributed by atoms with van der Waals surface area (Å²) >= 11 is 0. The molecule has 1 aliphatic carbocycles. The molecule has 1 saturated heterocycles. The van der Waals surface area contributed by atoms with Gasteiger partial charge in [0, 0.05) is 12.5 Å². The summed E-state index contributed by atoms with van der Waals surface area (Å²) in [5.74, 6) is -0.576. The van der Waals surface area contributed by atoms with E-state index < -0.39 is 12.0 Å². The second-order valence-electron chi connectivity index (χ2n) is 5.39. The van der Waals surface area contributed by atoms with Gasteiger partial charge >= 0.3 is 5.97 Å². The van der Waals surface area contributed by atoms with E-state index in [0.717, 1.165) is 12.8 Å². The molecular formula is C15H17NO3. The van der Waals surface area contributed by atoms with Crippen LogP contribution in [0.15, 0.2) is 30.3 Å². The SMILES string of the molecule is O=C(O)[C@H]1CCCN1C(=O)C1CC1c1ccccc1. The first-order valence-electron chi connectivity index (χ1n) is 6.76. The number of carbonyl (C=O) groups is 2. The molecule has 1 saturated carbocycles. The van der Waals surface area contributed by atoms with Crippen LogP contribution < -0.4 is 0 Å². The summed E-state index contributed by atoms with van der Waals surface area (Å²) in [4.78, 5) is 25.1. The summed E-state index contributed by atoms with van der Waals surface area (Å²) in [5, 5.41) is 9.12. The predicted molar refractivity (Wildman–Crippen MR) is 69.7 cm³/mol. The minimum absolute atomic E-state index is 0.0117. The molecule has 2 aliphatic rings. The van der Waals surface area contributed by atoms with Gasteiger partial charge in [-0.2, -0.15) is 0 Å². The van der Waals surface area contributed by atoms with Crippen LogP contribution in [0.1, 0.15) is 30.7 Å². The maximum atomic E-state index is 12.4. The predicted octanol–water partition coefficient (Wildman–Crippen LogP) is 1.87.